The zero-order chi connectivity index (χ0) is 22.5. The van der Waals surface area contributed by atoms with Crippen molar-refractivity contribution in [3.8, 4) is 0 Å². The lowest BCUT2D eigenvalue weighted by atomic mass is 10.0. The van der Waals surface area contributed by atoms with Crippen LogP contribution in [-0.2, 0) is 16.1 Å². The molecule has 0 saturated carbocycles. The van der Waals surface area contributed by atoms with Gasteiger partial charge >= 0.3 is 0 Å². The Kier molecular flexibility index (Phi) is 7.00. The van der Waals surface area contributed by atoms with Crippen molar-refractivity contribution in [3.05, 3.63) is 77.2 Å². The molecule has 168 valence electrons. The summed E-state index contributed by atoms with van der Waals surface area (Å²) in [6, 6.07) is 16.2. The molecule has 0 radical (unpaired) electrons. The van der Waals surface area contributed by atoms with Gasteiger partial charge in [-0.3, -0.25) is 19.4 Å². The van der Waals surface area contributed by atoms with E-state index in [0.717, 1.165) is 38.9 Å². The first-order valence-electron chi connectivity index (χ1n) is 11.5. The monoisotopic (exact) mass is 435 g/mol. The maximum Gasteiger partial charge on any atom is 0.277 e. The molecule has 0 bridgehead atoms. The van der Waals surface area contributed by atoms with Crippen LogP contribution in [0.4, 0.5) is 4.39 Å². The summed E-state index contributed by atoms with van der Waals surface area (Å²) in [4.78, 5) is 32.4. The normalized spacial score (nSPS) is 17.6. The highest BCUT2D eigenvalue weighted by Crippen LogP contribution is 2.32. The molecule has 1 saturated heterocycles. The molecular formula is C26H30FN3O2. The summed E-state index contributed by atoms with van der Waals surface area (Å²) in [7, 11) is 0. The summed E-state index contributed by atoms with van der Waals surface area (Å²) in [6.07, 6.45) is 2.78. The van der Waals surface area contributed by atoms with Gasteiger partial charge in [0.15, 0.2) is 0 Å². The number of rotatable bonds is 8. The summed E-state index contributed by atoms with van der Waals surface area (Å²) in [5.74, 6) is -0.844. The Morgan fingerprint density at radius 3 is 2.19 bits per heavy atom. The van der Waals surface area contributed by atoms with Gasteiger partial charge in [-0.05, 0) is 29.7 Å². The fourth-order valence-corrected chi connectivity index (χ4v) is 4.43. The van der Waals surface area contributed by atoms with Crippen LogP contribution in [-0.4, -0.2) is 59.2 Å². The van der Waals surface area contributed by atoms with E-state index in [1.165, 1.54) is 22.6 Å². The van der Waals surface area contributed by atoms with Gasteiger partial charge < -0.3 is 4.90 Å². The predicted octanol–water partition coefficient (Wildman–Crippen LogP) is 3.91. The average molecular weight is 436 g/mol. The minimum absolute atomic E-state index is 0.220. The van der Waals surface area contributed by atoms with Crippen molar-refractivity contribution < 1.29 is 14.0 Å². The fraction of sp³-hybridized carbons (Fsp3) is 0.385. The largest absolute Gasteiger partial charge is 0.364 e. The maximum atomic E-state index is 13.5. The lowest BCUT2D eigenvalue weighted by Crippen LogP contribution is -2.47. The highest BCUT2D eigenvalue weighted by molar-refractivity contribution is 6.35. The smallest absolute Gasteiger partial charge is 0.277 e. The van der Waals surface area contributed by atoms with Crippen molar-refractivity contribution in [1.29, 1.82) is 0 Å². The first-order chi connectivity index (χ1) is 15.6. The van der Waals surface area contributed by atoms with E-state index >= 15 is 0 Å². The number of halogens is 1. The van der Waals surface area contributed by atoms with Crippen LogP contribution >= 0.6 is 0 Å². The SMILES string of the molecule is CCCCCN1C(=O)C(c2ccc(F)cc2)=C(N2CCN(Cc3ccccc3)CC2)C1=O. The Morgan fingerprint density at radius 2 is 1.53 bits per heavy atom. The number of hydrogen-bond acceptors (Lipinski definition) is 4. The molecule has 2 aromatic carbocycles. The van der Waals surface area contributed by atoms with Crippen LogP contribution in [0.5, 0.6) is 0 Å². The molecule has 2 aliphatic rings. The molecule has 0 spiro atoms. The van der Waals surface area contributed by atoms with Crippen molar-refractivity contribution in [1.82, 2.24) is 14.7 Å². The van der Waals surface area contributed by atoms with Crippen LogP contribution in [0, 0.1) is 5.82 Å². The van der Waals surface area contributed by atoms with E-state index in [-0.39, 0.29) is 17.6 Å². The van der Waals surface area contributed by atoms with Gasteiger partial charge in [0.25, 0.3) is 11.8 Å². The Hall–Kier alpha value is -2.99. The molecule has 0 aromatic heterocycles. The molecule has 0 unspecified atom stereocenters. The van der Waals surface area contributed by atoms with Crippen molar-refractivity contribution in [2.45, 2.75) is 32.7 Å². The van der Waals surface area contributed by atoms with Gasteiger partial charge in [-0.1, -0.05) is 62.2 Å². The van der Waals surface area contributed by atoms with Gasteiger partial charge in [0.1, 0.15) is 11.5 Å². The maximum absolute atomic E-state index is 13.5. The van der Waals surface area contributed by atoms with E-state index in [9.17, 15) is 14.0 Å². The molecule has 2 heterocycles. The second kappa shape index (κ2) is 10.1. The van der Waals surface area contributed by atoms with E-state index in [4.69, 9.17) is 0 Å². The molecular weight excluding hydrogens is 405 g/mol. The van der Waals surface area contributed by atoms with Gasteiger partial charge in [-0.25, -0.2) is 4.39 Å². The second-order valence-electron chi connectivity index (χ2n) is 8.45. The van der Waals surface area contributed by atoms with Crippen molar-refractivity contribution in [3.63, 3.8) is 0 Å². The molecule has 0 atom stereocenters. The third-order valence-electron chi connectivity index (χ3n) is 6.20. The average Bonchev–Trinajstić information content (AvgIpc) is 3.06. The van der Waals surface area contributed by atoms with Gasteiger partial charge in [0.2, 0.25) is 0 Å². The second-order valence-corrected chi connectivity index (χ2v) is 8.45. The Morgan fingerprint density at radius 1 is 0.844 bits per heavy atom. The lowest BCUT2D eigenvalue weighted by molar-refractivity contribution is -0.137. The van der Waals surface area contributed by atoms with E-state index in [1.54, 1.807) is 12.1 Å². The number of carbonyl (C=O) groups is 2. The highest BCUT2D eigenvalue weighted by Gasteiger charge is 2.41. The fourth-order valence-electron chi connectivity index (χ4n) is 4.43. The minimum Gasteiger partial charge on any atom is -0.364 e. The Labute approximate surface area is 189 Å². The minimum atomic E-state index is -0.359. The summed E-state index contributed by atoms with van der Waals surface area (Å²) < 4.78 is 13.5. The predicted molar refractivity (Wildman–Crippen MR) is 123 cm³/mol. The van der Waals surface area contributed by atoms with Crippen LogP contribution in [0.15, 0.2) is 60.3 Å². The van der Waals surface area contributed by atoms with Crippen LogP contribution in [0.3, 0.4) is 0 Å². The molecule has 0 aliphatic carbocycles. The molecule has 2 aliphatic heterocycles. The van der Waals surface area contributed by atoms with Crippen LogP contribution in [0.2, 0.25) is 0 Å². The van der Waals surface area contributed by atoms with Gasteiger partial charge in [-0.15, -0.1) is 0 Å². The van der Waals surface area contributed by atoms with Crippen LogP contribution in [0.25, 0.3) is 5.57 Å². The summed E-state index contributed by atoms with van der Waals surface area (Å²) in [6.45, 7) is 6.36. The van der Waals surface area contributed by atoms with E-state index in [0.29, 0.717) is 36.5 Å². The Bertz CT molecular complexity index is 980. The first kappa shape index (κ1) is 22.2. The highest BCUT2D eigenvalue weighted by atomic mass is 19.1. The molecule has 0 N–H and O–H groups in total. The van der Waals surface area contributed by atoms with Crippen LogP contribution < -0.4 is 0 Å². The quantitative estimate of drug-likeness (QED) is 0.466. The zero-order valence-corrected chi connectivity index (χ0v) is 18.6. The Balaban J connectivity index is 1.54. The first-order valence-corrected chi connectivity index (χ1v) is 11.5. The standard InChI is InChI=1S/C26H30FN3O2/c1-2-3-7-14-30-25(31)23(21-10-12-22(27)13-11-21)24(26(30)32)29-17-15-28(16-18-29)19-20-8-5-4-6-9-20/h4-6,8-13H,2-3,7,14-19H2,1H3. The summed E-state index contributed by atoms with van der Waals surface area (Å²) in [5, 5.41) is 0. The van der Waals surface area contributed by atoms with Crippen molar-refractivity contribution in [2.75, 3.05) is 32.7 Å². The van der Waals surface area contributed by atoms with Crippen molar-refractivity contribution in [2.24, 2.45) is 0 Å². The van der Waals surface area contributed by atoms with E-state index in [1.807, 2.05) is 23.1 Å². The van der Waals surface area contributed by atoms with Crippen LogP contribution in [0.1, 0.15) is 37.3 Å². The number of hydrogen-bond donors (Lipinski definition) is 0. The molecule has 2 amide bonds. The third kappa shape index (κ3) is 4.75. The van der Waals surface area contributed by atoms with Gasteiger partial charge in [-0.2, -0.15) is 0 Å². The van der Waals surface area contributed by atoms with E-state index in [2.05, 4.69) is 24.0 Å². The topological polar surface area (TPSA) is 43.9 Å². The molecule has 4 rings (SSSR count). The van der Waals surface area contributed by atoms with Gasteiger partial charge in [0, 0.05) is 39.3 Å². The lowest BCUT2D eigenvalue weighted by Gasteiger charge is -2.36. The zero-order valence-electron chi connectivity index (χ0n) is 18.6. The number of piperazine rings is 1. The molecule has 6 heteroatoms. The van der Waals surface area contributed by atoms with Crippen molar-refractivity contribution >= 4 is 17.4 Å². The summed E-state index contributed by atoms with van der Waals surface area (Å²) in [5.41, 5.74) is 2.74. The molecule has 32 heavy (non-hydrogen) atoms. The molecule has 1 fully saturated rings. The molecule has 2 aromatic rings. The number of imide groups is 1. The number of amides is 2. The number of nitrogens with zero attached hydrogens (tertiary/aromatic N) is 3. The van der Waals surface area contributed by atoms with E-state index < -0.39 is 0 Å². The number of unbranched alkanes of at least 4 members (excludes halogenated alkanes) is 2. The van der Waals surface area contributed by atoms with Gasteiger partial charge in [0.05, 0.1) is 5.57 Å². The number of benzene rings is 2. The third-order valence-corrected chi connectivity index (χ3v) is 6.20. The number of carbonyl (C=O) groups excluding carboxylic acids is 2. The summed E-state index contributed by atoms with van der Waals surface area (Å²) >= 11 is 0. The molecule has 5 nitrogen and oxygen atoms in total.